The topological polar surface area (TPSA) is 235 Å². The van der Waals surface area contributed by atoms with Gasteiger partial charge < -0.3 is 37.3 Å². The number of ether oxygens (including phenoxy) is 2. The van der Waals surface area contributed by atoms with Crippen LogP contribution < -0.4 is 27.8 Å². The van der Waals surface area contributed by atoms with Crippen molar-refractivity contribution in [3.05, 3.63) is 125 Å². The Morgan fingerprint density at radius 2 is 1.04 bits per heavy atom. The molecule has 15 heteroatoms. The van der Waals surface area contributed by atoms with Crippen LogP contribution in [0.3, 0.4) is 0 Å². The van der Waals surface area contributed by atoms with Gasteiger partial charge in [-0.15, -0.1) is 0 Å². The molecule has 350 valence electrons. The predicted molar refractivity (Wildman–Crippen MR) is 250 cm³/mol. The molecule has 3 aliphatic heterocycles. The number of rotatable bonds is 12. The molecule has 67 heavy (non-hydrogen) atoms. The second kappa shape index (κ2) is 16.3. The van der Waals surface area contributed by atoms with Crippen molar-refractivity contribution in [3.63, 3.8) is 0 Å². The summed E-state index contributed by atoms with van der Waals surface area (Å²) in [6, 6.07) is 31.9. The molecule has 0 radical (unpaired) electrons. The number of hydrogen-bond acceptors (Lipinski definition) is 11. The van der Waals surface area contributed by atoms with Crippen LogP contribution in [0.5, 0.6) is 0 Å². The van der Waals surface area contributed by atoms with Crippen molar-refractivity contribution in [1.82, 2.24) is 9.80 Å². The minimum atomic E-state index is -2.20. The number of carbonyl (C=O) groups is 6. The molecule has 7 aliphatic rings. The molecule has 6 unspecified atom stereocenters. The van der Waals surface area contributed by atoms with Crippen molar-refractivity contribution in [1.29, 1.82) is 0 Å². The number of amides is 4. The summed E-state index contributed by atoms with van der Waals surface area (Å²) in [7, 11) is 0. The summed E-state index contributed by atoms with van der Waals surface area (Å²) >= 11 is 0. The number of nitrogens with two attached hydrogens (primary N) is 4. The van der Waals surface area contributed by atoms with E-state index in [-0.39, 0.29) is 31.8 Å². The second-order valence-corrected chi connectivity index (χ2v) is 19.9. The Hall–Kier alpha value is -6.58. The number of hydrogen-bond donors (Lipinski definition) is 4. The van der Waals surface area contributed by atoms with Gasteiger partial charge in [0.1, 0.15) is 0 Å². The molecule has 4 amide bonds. The van der Waals surface area contributed by atoms with Crippen molar-refractivity contribution in [3.8, 4) is 11.1 Å². The molecule has 4 aliphatic carbocycles. The average molecular weight is 910 g/mol. The van der Waals surface area contributed by atoms with E-state index in [4.69, 9.17) is 32.4 Å². The Morgan fingerprint density at radius 3 is 1.51 bits per heavy atom. The number of carbonyl (C=O) groups excluding carboxylic acids is 6. The molecular weight excluding hydrogens is 851 g/mol. The molecule has 11 rings (SSSR count). The zero-order valence-electron chi connectivity index (χ0n) is 38.4. The minimum Gasteiger partial charge on any atom is -0.375 e. The van der Waals surface area contributed by atoms with Gasteiger partial charge in [-0.3, -0.25) is 19.4 Å². The molecule has 3 saturated heterocycles. The fourth-order valence-electron chi connectivity index (χ4n) is 13.8. The molecular formula is C52H59N7O8. The van der Waals surface area contributed by atoms with Crippen LogP contribution in [-0.4, -0.2) is 93.6 Å². The number of benzene rings is 4. The first-order valence-corrected chi connectivity index (χ1v) is 23.2. The number of primary amides is 4. The van der Waals surface area contributed by atoms with Gasteiger partial charge in [0, 0.05) is 47.7 Å². The van der Waals surface area contributed by atoms with Crippen LogP contribution in [0, 0.1) is 5.92 Å². The monoisotopic (exact) mass is 909 g/mol. The highest BCUT2D eigenvalue weighted by atomic mass is 16.6. The minimum absolute atomic E-state index is 0.188. The van der Waals surface area contributed by atoms with Gasteiger partial charge in [-0.25, -0.2) is 19.2 Å². The summed E-state index contributed by atoms with van der Waals surface area (Å²) in [6.07, 6.45) is 0.581. The lowest BCUT2D eigenvalue weighted by Crippen LogP contribution is -2.78. The molecule has 4 bridgehead atoms. The van der Waals surface area contributed by atoms with Crippen LogP contribution in [0.4, 0.5) is 15.3 Å². The summed E-state index contributed by atoms with van der Waals surface area (Å²) in [5, 5.41) is 0. The van der Waals surface area contributed by atoms with Crippen LogP contribution in [0.1, 0.15) is 82.1 Å². The lowest BCUT2D eigenvalue weighted by molar-refractivity contribution is -0.167. The summed E-state index contributed by atoms with van der Waals surface area (Å²) < 4.78 is 10.6. The standard InChI is InChI=1S/C52H59N7O8/c1-31-28-40(39-12-8-26-57(39)51(42(53)60,44(62)66-46(55)64)48(2)29-32-14-20-36(48)21-15-32)59(38-24-18-35(19-25-38)34-10-6-5-7-11-34)50(31,4)41-13-9-27-58(41)52(43(54)61,45(63)67-47(56)65)49(3)30-33-16-22-37(49)23-17-33/h5-7,10-11,14-25,31,39-41H,8-9,12-13,26-30H2,1-4H3,(H2,53,60)(H2,54,61)(H2,55,64)(H2,56,65)/t31?,39?,40?,41?,48?,49?,50-,51-,52-/m0/s1. The number of likely N-dealkylation sites (tertiary alicyclic amines) is 2. The van der Waals surface area contributed by atoms with E-state index in [2.05, 4.69) is 43.0 Å². The first kappa shape index (κ1) is 45.6. The van der Waals surface area contributed by atoms with Gasteiger partial charge in [0.25, 0.3) is 11.8 Å². The van der Waals surface area contributed by atoms with E-state index in [9.17, 15) is 28.8 Å². The predicted octanol–water partition coefficient (Wildman–Crippen LogP) is 4.98. The Morgan fingerprint density at radius 1 is 0.582 bits per heavy atom. The van der Waals surface area contributed by atoms with Gasteiger partial charge in [0.05, 0.1) is 5.54 Å². The smallest absolute Gasteiger partial charge is 0.375 e. The zero-order chi connectivity index (χ0) is 47.8. The molecule has 0 saturated carbocycles. The van der Waals surface area contributed by atoms with E-state index in [1.165, 1.54) is 0 Å². The highest BCUT2D eigenvalue weighted by Crippen LogP contribution is 2.57. The average Bonchev–Trinajstić information content (AvgIpc) is 4.04. The third-order valence-corrected chi connectivity index (χ3v) is 16.8. The Bertz CT molecular complexity index is 2650. The molecule has 15 nitrogen and oxygen atoms in total. The highest BCUT2D eigenvalue weighted by molar-refractivity contribution is 6.12. The largest absolute Gasteiger partial charge is 0.412 e. The van der Waals surface area contributed by atoms with Crippen LogP contribution >= 0.6 is 0 Å². The molecule has 0 spiro atoms. The maximum absolute atomic E-state index is 14.9. The van der Waals surface area contributed by atoms with Crippen LogP contribution in [0.25, 0.3) is 11.1 Å². The lowest BCUT2D eigenvalue weighted by Gasteiger charge is -2.58. The van der Waals surface area contributed by atoms with Gasteiger partial charge in [-0.2, -0.15) is 0 Å². The van der Waals surface area contributed by atoms with Crippen LogP contribution in [0.15, 0.2) is 103 Å². The molecule has 0 aromatic heterocycles. The zero-order valence-corrected chi connectivity index (χ0v) is 38.4. The van der Waals surface area contributed by atoms with Crippen molar-refractivity contribution in [2.75, 3.05) is 18.0 Å². The molecule has 3 heterocycles. The summed E-state index contributed by atoms with van der Waals surface area (Å²) in [4.78, 5) is 90.2. The van der Waals surface area contributed by atoms with Gasteiger partial charge in [0.2, 0.25) is 11.1 Å². The summed E-state index contributed by atoms with van der Waals surface area (Å²) in [5.41, 5.74) is 22.4. The lowest BCUT2D eigenvalue weighted by atomic mass is 9.58. The van der Waals surface area contributed by atoms with Gasteiger partial charge in [-0.05, 0) is 103 Å². The Balaban J connectivity index is 1.23. The van der Waals surface area contributed by atoms with Crippen molar-refractivity contribution >= 4 is 41.6 Å². The van der Waals surface area contributed by atoms with Crippen LogP contribution in [-0.2, 0) is 52.3 Å². The SMILES string of the molecule is CC1CC(C2CCCN2[C@@](C(N)=O)(C(=O)OC(N)=O)C2(C)Cc3ccc2cc3)N(c2ccc(-c3ccccc3)cc2)[C@]1(C)C1CCCN1[C@@](C(N)=O)(C(=O)OC(N)=O)C1(C)Cc2ccc1cc2. The number of fused-ring (bicyclic) bond motifs is 6. The van der Waals surface area contributed by atoms with E-state index >= 15 is 0 Å². The van der Waals surface area contributed by atoms with E-state index in [0.717, 1.165) is 27.9 Å². The van der Waals surface area contributed by atoms with Gasteiger partial charge in [-0.1, -0.05) is 112 Å². The third kappa shape index (κ3) is 6.51. The normalized spacial score (nSPS) is 29.5. The van der Waals surface area contributed by atoms with Gasteiger partial charge >= 0.3 is 24.1 Å². The first-order valence-electron chi connectivity index (χ1n) is 23.2. The fraction of sp³-hybridized carbons (Fsp3) is 0.423. The number of nitrogens with zero attached hydrogens (tertiary/aromatic N) is 3. The highest BCUT2D eigenvalue weighted by Gasteiger charge is 2.72. The van der Waals surface area contributed by atoms with E-state index < -0.39 is 81.5 Å². The Labute approximate surface area is 390 Å². The maximum Gasteiger partial charge on any atom is 0.412 e. The quantitative estimate of drug-likeness (QED) is 0.109. The first-order chi connectivity index (χ1) is 31.8. The molecule has 3 fully saturated rings. The van der Waals surface area contributed by atoms with Crippen LogP contribution in [0.2, 0.25) is 0 Å². The van der Waals surface area contributed by atoms with E-state index in [0.29, 0.717) is 43.2 Å². The molecule has 4 aromatic rings. The fourth-order valence-corrected chi connectivity index (χ4v) is 13.8. The second-order valence-electron chi connectivity index (χ2n) is 19.9. The maximum atomic E-state index is 14.9. The molecule has 8 N–H and O–H groups in total. The summed E-state index contributed by atoms with van der Waals surface area (Å²) in [6.45, 7) is 8.46. The third-order valence-electron chi connectivity index (χ3n) is 16.8. The molecule has 4 aromatic carbocycles. The Kier molecular flexibility index (Phi) is 11.1. The number of anilines is 1. The number of esters is 2. The van der Waals surface area contributed by atoms with Gasteiger partial charge in [0.15, 0.2) is 0 Å². The van der Waals surface area contributed by atoms with E-state index in [1.54, 1.807) is 0 Å². The molecule has 9 atom stereocenters. The van der Waals surface area contributed by atoms with Crippen molar-refractivity contribution in [2.24, 2.45) is 28.9 Å². The van der Waals surface area contributed by atoms with Crippen molar-refractivity contribution < 1.29 is 38.2 Å². The summed E-state index contributed by atoms with van der Waals surface area (Å²) in [5.74, 6) is -4.38. The van der Waals surface area contributed by atoms with E-state index in [1.807, 2.05) is 103 Å². The van der Waals surface area contributed by atoms with Crippen molar-refractivity contribution in [2.45, 2.75) is 118 Å².